The van der Waals surface area contributed by atoms with Gasteiger partial charge >= 0.3 is 16.9 Å². The Balaban J connectivity index is 2.39. The molecule has 19 heavy (non-hydrogen) atoms. The van der Waals surface area contributed by atoms with Gasteiger partial charge in [-0.1, -0.05) is 6.92 Å². The number of hydrogen-bond acceptors (Lipinski definition) is 5. The van der Waals surface area contributed by atoms with E-state index in [2.05, 4.69) is 0 Å². The fourth-order valence-electron chi connectivity index (χ4n) is 1.61. The molecule has 0 bridgehead atoms. The zero-order valence-corrected chi connectivity index (χ0v) is 10.9. The molecule has 7 nitrogen and oxygen atoms in total. The number of H-pyrrole nitrogens is 1. The molecule has 0 fully saturated rings. The second-order valence-corrected chi connectivity index (χ2v) is 5.13. The van der Waals surface area contributed by atoms with Crippen molar-refractivity contribution in [2.75, 3.05) is 0 Å². The minimum Gasteiger partial charge on any atom is -0.288 e. The van der Waals surface area contributed by atoms with Gasteiger partial charge in [-0.2, -0.15) is 0 Å². The zero-order valence-electron chi connectivity index (χ0n) is 10.1. The molecule has 0 aliphatic heterocycles. The molecule has 1 N–H and O–H groups in total. The Kier molecular flexibility index (Phi) is 3.61. The molecule has 0 saturated heterocycles. The first kappa shape index (κ1) is 13.2. The van der Waals surface area contributed by atoms with Gasteiger partial charge in [0.05, 0.1) is 17.7 Å². The molecule has 0 amide bonds. The van der Waals surface area contributed by atoms with Crippen LogP contribution in [-0.2, 0) is 13.0 Å². The van der Waals surface area contributed by atoms with Gasteiger partial charge < -0.3 is 0 Å². The molecule has 0 aromatic carbocycles. The average molecular weight is 281 g/mol. The second kappa shape index (κ2) is 5.19. The molecule has 0 saturated carbocycles. The Morgan fingerprint density at radius 1 is 1.37 bits per heavy atom. The van der Waals surface area contributed by atoms with Crippen LogP contribution in [0.4, 0.5) is 5.69 Å². The predicted molar refractivity (Wildman–Crippen MR) is 70.8 cm³/mol. The maximum absolute atomic E-state index is 11.6. The van der Waals surface area contributed by atoms with Gasteiger partial charge in [0.25, 0.3) is 0 Å². The van der Waals surface area contributed by atoms with E-state index >= 15 is 0 Å². The minimum absolute atomic E-state index is 0.209. The average Bonchev–Trinajstić information content (AvgIpc) is 2.80. The standard InChI is InChI=1S/C11H11N3O4S/c1-2-7-3-4-8(19-7)5-13-6-9(14(17)18)10(15)12-11(13)16/h3-4,6H,2,5H2,1H3,(H,12,15,16). The Labute approximate surface area is 111 Å². The lowest BCUT2D eigenvalue weighted by atomic mass is 10.3. The van der Waals surface area contributed by atoms with Crippen LogP contribution in [0.1, 0.15) is 16.7 Å². The van der Waals surface area contributed by atoms with E-state index in [4.69, 9.17) is 0 Å². The van der Waals surface area contributed by atoms with Gasteiger partial charge in [0.1, 0.15) is 0 Å². The molecule has 2 rings (SSSR count). The van der Waals surface area contributed by atoms with Crippen LogP contribution in [0.25, 0.3) is 0 Å². The van der Waals surface area contributed by atoms with Crippen LogP contribution in [0.2, 0.25) is 0 Å². The van der Waals surface area contributed by atoms with E-state index < -0.39 is 21.9 Å². The van der Waals surface area contributed by atoms with Gasteiger partial charge in [0.2, 0.25) is 0 Å². The summed E-state index contributed by atoms with van der Waals surface area (Å²) in [4.78, 5) is 36.7. The van der Waals surface area contributed by atoms with Crippen molar-refractivity contribution >= 4 is 17.0 Å². The van der Waals surface area contributed by atoms with Crippen molar-refractivity contribution in [2.45, 2.75) is 19.9 Å². The molecule has 100 valence electrons. The maximum atomic E-state index is 11.6. The van der Waals surface area contributed by atoms with E-state index in [0.717, 1.165) is 22.1 Å². The molecule has 2 aromatic heterocycles. The molecular formula is C11H11N3O4S. The molecule has 0 spiro atoms. The summed E-state index contributed by atoms with van der Waals surface area (Å²) in [6.07, 6.45) is 1.87. The number of aromatic amines is 1. The van der Waals surface area contributed by atoms with Gasteiger partial charge in [0, 0.05) is 9.75 Å². The van der Waals surface area contributed by atoms with Crippen LogP contribution in [0, 0.1) is 10.1 Å². The Hall–Kier alpha value is -2.22. The van der Waals surface area contributed by atoms with Crippen LogP contribution >= 0.6 is 11.3 Å². The summed E-state index contributed by atoms with van der Waals surface area (Å²) in [5, 5.41) is 10.7. The molecule has 0 radical (unpaired) electrons. The largest absolute Gasteiger partial charge is 0.350 e. The topological polar surface area (TPSA) is 98.0 Å². The highest BCUT2D eigenvalue weighted by atomic mass is 32.1. The first-order valence-corrected chi connectivity index (χ1v) is 6.38. The molecule has 0 atom stereocenters. The quantitative estimate of drug-likeness (QED) is 0.670. The number of nitro groups is 1. The van der Waals surface area contributed by atoms with Gasteiger partial charge in [0.15, 0.2) is 0 Å². The summed E-state index contributed by atoms with van der Waals surface area (Å²) in [7, 11) is 0. The highest BCUT2D eigenvalue weighted by molar-refractivity contribution is 7.11. The van der Waals surface area contributed by atoms with Gasteiger partial charge in [-0.25, -0.2) is 4.79 Å². The third-order valence-corrected chi connectivity index (χ3v) is 3.80. The SMILES string of the molecule is CCc1ccc(Cn2cc([N+](=O)[O-])c(=O)[nH]c2=O)s1. The van der Waals surface area contributed by atoms with Crippen molar-refractivity contribution in [2.24, 2.45) is 0 Å². The summed E-state index contributed by atoms with van der Waals surface area (Å²) in [6.45, 7) is 2.23. The van der Waals surface area contributed by atoms with E-state index in [0.29, 0.717) is 0 Å². The number of thiophene rings is 1. The van der Waals surface area contributed by atoms with Gasteiger partial charge in [-0.3, -0.25) is 24.5 Å². The monoisotopic (exact) mass is 281 g/mol. The molecular weight excluding hydrogens is 270 g/mol. The number of aryl methyl sites for hydroxylation is 1. The van der Waals surface area contributed by atoms with Gasteiger partial charge in [-0.15, -0.1) is 11.3 Å². The number of aromatic nitrogens is 2. The highest BCUT2D eigenvalue weighted by Gasteiger charge is 2.15. The van der Waals surface area contributed by atoms with E-state index in [1.807, 2.05) is 24.0 Å². The normalized spacial score (nSPS) is 10.6. The van der Waals surface area contributed by atoms with Crippen LogP contribution < -0.4 is 11.2 Å². The Morgan fingerprint density at radius 3 is 2.63 bits per heavy atom. The Bertz CT molecular complexity index is 728. The fraction of sp³-hybridized carbons (Fsp3) is 0.273. The summed E-state index contributed by atoms with van der Waals surface area (Å²) < 4.78 is 1.13. The lowest BCUT2D eigenvalue weighted by molar-refractivity contribution is -0.386. The predicted octanol–water partition coefficient (Wildman–Crippen LogP) is 1.12. The summed E-state index contributed by atoms with van der Waals surface area (Å²) >= 11 is 1.53. The number of rotatable bonds is 4. The van der Waals surface area contributed by atoms with Crippen molar-refractivity contribution in [3.8, 4) is 0 Å². The smallest absolute Gasteiger partial charge is 0.288 e. The molecule has 0 unspecified atom stereocenters. The van der Waals surface area contributed by atoms with Crippen molar-refractivity contribution in [1.29, 1.82) is 0 Å². The number of nitrogens with zero attached hydrogens (tertiary/aromatic N) is 2. The van der Waals surface area contributed by atoms with Gasteiger partial charge in [-0.05, 0) is 18.6 Å². The van der Waals surface area contributed by atoms with Crippen molar-refractivity contribution in [3.63, 3.8) is 0 Å². The van der Waals surface area contributed by atoms with Crippen LogP contribution in [-0.4, -0.2) is 14.5 Å². The first-order valence-electron chi connectivity index (χ1n) is 5.57. The second-order valence-electron chi connectivity index (χ2n) is 3.88. The number of hydrogen-bond donors (Lipinski definition) is 1. The molecule has 0 aliphatic carbocycles. The van der Waals surface area contributed by atoms with Crippen LogP contribution in [0.3, 0.4) is 0 Å². The van der Waals surface area contributed by atoms with Crippen LogP contribution in [0.5, 0.6) is 0 Å². The lowest BCUT2D eigenvalue weighted by Gasteiger charge is -2.02. The van der Waals surface area contributed by atoms with Crippen LogP contribution in [0.15, 0.2) is 27.9 Å². The summed E-state index contributed by atoms with van der Waals surface area (Å²) in [5.41, 5.74) is -2.26. The van der Waals surface area contributed by atoms with E-state index in [-0.39, 0.29) is 6.54 Å². The van der Waals surface area contributed by atoms with Crippen molar-refractivity contribution in [1.82, 2.24) is 9.55 Å². The molecule has 2 aromatic rings. The zero-order chi connectivity index (χ0) is 14.0. The van der Waals surface area contributed by atoms with Crippen molar-refractivity contribution < 1.29 is 4.92 Å². The minimum atomic E-state index is -0.980. The highest BCUT2D eigenvalue weighted by Crippen LogP contribution is 2.17. The molecule has 2 heterocycles. The molecule has 8 heteroatoms. The molecule has 0 aliphatic rings. The fourth-order valence-corrected chi connectivity index (χ4v) is 2.57. The third-order valence-electron chi connectivity index (χ3n) is 2.58. The third kappa shape index (κ3) is 2.79. The Morgan fingerprint density at radius 2 is 2.05 bits per heavy atom. The first-order chi connectivity index (χ1) is 9.01. The lowest BCUT2D eigenvalue weighted by Crippen LogP contribution is -2.30. The summed E-state index contributed by atoms with van der Waals surface area (Å²) in [5.74, 6) is 0. The van der Waals surface area contributed by atoms with Crippen molar-refractivity contribution in [3.05, 3.63) is 59.0 Å². The number of nitrogens with one attached hydrogen (secondary N) is 1. The maximum Gasteiger partial charge on any atom is 0.350 e. The van der Waals surface area contributed by atoms with E-state index in [1.54, 1.807) is 0 Å². The van der Waals surface area contributed by atoms with E-state index in [1.165, 1.54) is 16.2 Å². The van der Waals surface area contributed by atoms with E-state index in [9.17, 15) is 19.7 Å². The summed E-state index contributed by atoms with van der Waals surface area (Å²) in [6, 6.07) is 3.82.